The predicted molar refractivity (Wildman–Crippen MR) is 172 cm³/mol. The molecule has 0 aliphatic carbocycles. The zero-order valence-corrected chi connectivity index (χ0v) is 28.2. The molecule has 2 heterocycles. The normalized spacial score (nSPS) is 34.4. The number of aliphatic imine (C=N–C) groups is 1. The molecule has 0 amide bonds. The van der Waals surface area contributed by atoms with Gasteiger partial charge in [-0.3, -0.25) is 4.99 Å². The zero-order valence-electron chi connectivity index (χ0n) is 28.2. The zero-order chi connectivity index (χ0) is 39.7. The molecule has 52 heavy (non-hydrogen) atoms. The molecule has 21 N–H and O–H groups in total. The highest BCUT2D eigenvalue weighted by Crippen LogP contribution is 2.26. The Kier molecular flexibility index (Phi) is 23.5. The number of nitrogens with one attached hydrogen (secondary N) is 1. The molecule has 24 nitrogen and oxygen atoms in total. The van der Waals surface area contributed by atoms with Gasteiger partial charge in [0.2, 0.25) is 0 Å². The van der Waals surface area contributed by atoms with E-state index in [1.165, 1.54) is 0 Å². The quantitative estimate of drug-likeness (QED) is 0.0380. The fourth-order valence-electron chi connectivity index (χ4n) is 4.91. The van der Waals surface area contributed by atoms with Crippen LogP contribution in [0, 0.1) is 0 Å². The minimum atomic E-state index is -1.79. The van der Waals surface area contributed by atoms with Crippen LogP contribution in [0.25, 0.3) is 0 Å². The summed E-state index contributed by atoms with van der Waals surface area (Å²) in [6.45, 7) is -2.11. The van der Waals surface area contributed by atoms with Crippen LogP contribution in [0.3, 0.4) is 0 Å². The van der Waals surface area contributed by atoms with Crippen molar-refractivity contribution >= 4 is 6.21 Å². The SMILES string of the molecule is NCCN=CC(O)C(O)C(OC1OC(CO)C(O)C(O)C1O)C(O)CO.NCCNCC(O)C(O)C(OC1OC(CO)C(O)C(O)C1O)C(O)CO. The van der Waals surface area contributed by atoms with Gasteiger partial charge in [0.25, 0.3) is 0 Å². The van der Waals surface area contributed by atoms with E-state index in [0.717, 1.165) is 6.21 Å². The molecule has 310 valence electrons. The highest BCUT2D eigenvalue weighted by molar-refractivity contribution is 5.63. The lowest BCUT2D eigenvalue weighted by atomic mass is 9.98. The van der Waals surface area contributed by atoms with E-state index in [1.54, 1.807) is 0 Å². The van der Waals surface area contributed by atoms with Crippen LogP contribution >= 0.6 is 0 Å². The maximum Gasteiger partial charge on any atom is 0.187 e. The largest absolute Gasteiger partial charge is 0.394 e. The van der Waals surface area contributed by atoms with Crippen LogP contribution in [0.2, 0.25) is 0 Å². The Balaban J connectivity index is 0.000000520. The van der Waals surface area contributed by atoms with E-state index in [1.807, 2.05) is 0 Å². The lowest BCUT2D eigenvalue weighted by Crippen LogP contribution is -2.61. The number of ether oxygens (including phenoxy) is 4. The first-order chi connectivity index (χ1) is 24.6. The third-order valence-electron chi connectivity index (χ3n) is 8.02. The molecule has 2 aliphatic rings. The fourth-order valence-corrected chi connectivity index (χ4v) is 4.91. The lowest BCUT2D eigenvalue weighted by molar-refractivity contribution is -0.327. The Labute approximate surface area is 298 Å². The van der Waals surface area contributed by atoms with Crippen molar-refractivity contribution < 1.29 is 101 Å². The molecule has 2 rings (SSSR count). The van der Waals surface area contributed by atoms with Crippen LogP contribution in [0.1, 0.15) is 0 Å². The number of aliphatic hydroxyl groups is 16. The van der Waals surface area contributed by atoms with Gasteiger partial charge < -0.3 is 117 Å². The Morgan fingerprint density at radius 3 is 1.44 bits per heavy atom. The van der Waals surface area contributed by atoms with Gasteiger partial charge in [-0.05, 0) is 0 Å². The van der Waals surface area contributed by atoms with E-state index in [4.69, 9.17) is 50.8 Å². The van der Waals surface area contributed by atoms with Crippen molar-refractivity contribution in [3.63, 3.8) is 0 Å². The molecule has 0 spiro atoms. The second-order valence-electron chi connectivity index (χ2n) is 12.0. The first-order valence-corrected chi connectivity index (χ1v) is 16.4. The molecule has 0 saturated carbocycles. The van der Waals surface area contributed by atoms with Gasteiger partial charge in [0.15, 0.2) is 12.6 Å². The van der Waals surface area contributed by atoms with Crippen LogP contribution in [0.5, 0.6) is 0 Å². The molecule has 0 aromatic heterocycles. The molecule has 24 heteroatoms. The van der Waals surface area contributed by atoms with E-state index < -0.39 is 137 Å². The van der Waals surface area contributed by atoms with Crippen LogP contribution in [-0.4, -0.2) is 257 Å². The monoisotopic (exact) mass is 770 g/mol. The highest BCUT2D eigenvalue weighted by atomic mass is 16.7. The molecule has 18 atom stereocenters. The van der Waals surface area contributed by atoms with Crippen LogP contribution in [0.15, 0.2) is 4.99 Å². The van der Waals surface area contributed by atoms with Gasteiger partial charge in [0.05, 0.1) is 39.1 Å². The third-order valence-corrected chi connectivity index (χ3v) is 8.02. The molecule has 0 radical (unpaired) electrons. The lowest BCUT2D eigenvalue weighted by Gasteiger charge is -2.42. The maximum atomic E-state index is 10.2. The first kappa shape index (κ1) is 48.8. The van der Waals surface area contributed by atoms with Crippen molar-refractivity contribution in [2.24, 2.45) is 16.5 Å². The maximum absolute atomic E-state index is 10.2. The molecule has 0 aromatic rings. The van der Waals surface area contributed by atoms with E-state index >= 15 is 0 Å². The summed E-state index contributed by atoms with van der Waals surface area (Å²) < 4.78 is 20.8. The third kappa shape index (κ3) is 14.1. The average Bonchev–Trinajstić information content (AvgIpc) is 3.14. The molecule has 0 bridgehead atoms. The number of aliphatic hydroxyl groups excluding tert-OH is 16. The van der Waals surface area contributed by atoms with E-state index in [9.17, 15) is 61.3 Å². The van der Waals surface area contributed by atoms with Gasteiger partial charge in [0.1, 0.15) is 91.6 Å². The topological polar surface area (TPSA) is 437 Å². The minimum absolute atomic E-state index is 0.0922. The van der Waals surface area contributed by atoms with Crippen LogP contribution in [-0.2, 0) is 18.9 Å². The number of nitrogens with zero attached hydrogens (tertiary/aromatic N) is 1. The molecular weight excluding hydrogens is 712 g/mol. The molecule has 2 aliphatic heterocycles. The fraction of sp³-hybridized carbons (Fsp3) is 0.964. The summed E-state index contributed by atoms with van der Waals surface area (Å²) in [5, 5.41) is 158. The van der Waals surface area contributed by atoms with Crippen LogP contribution < -0.4 is 16.8 Å². The first-order valence-electron chi connectivity index (χ1n) is 16.4. The summed E-state index contributed by atoms with van der Waals surface area (Å²) in [5.74, 6) is 0. The number of hydrogen-bond acceptors (Lipinski definition) is 24. The standard InChI is InChI=1S/C14H30N2O10.C14H28N2O10/c2*15-1-2-16-3-6(19)9(21)13(7(20)4-17)26-14-12(24)11(23)10(22)8(5-18)25-14/h6-14,16-24H,1-5,15H2;3,6-14,17-24H,1-2,4-5,15H2. The van der Waals surface area contributed by atoms with Crippen molar-refractivity contribution in [2.75, 3.05) is 59.2 Å². The van der Waals surface area contributed by atoms with Gasteiger partial charge >= 0.3 is 0 Å². The summed E-state index contributed by atoms with van der Waals surface area (Å²) in [4.78, 5) is 3.74. The summed E-state index contributed by atoms with van der Waals surface area (Å²) in [5.41, 5.74) is 10.5. The van der Waals surface area contributed by atoms with Gasteiger partial charge in [-0.2, -0.15) is 0 Å². The molecule has 0 aromatic carbocycles. The summed E-state index contributed by atoms with van der Waals surface area (Å²) in [6.07, 6.45) is -28.2. The van der Waals surface area contributed by atoms with Crippen molar-refractivity contribution in [3.8, 4) is 0 Å². The van der Waals surface area contributed by atoms with Gasteiger partial charge in [-0.1, -0.05) is 0 Å². The van der Waals surface area contributed by atoms with E-state index in [2.05, 4.69) is 10.3 Å². The molecular formula is C28H58N4O20. The Bertz CT molecular complexity index is 963. The van der Waals surface area contributed by atoms with Crippen molar-refractivity contribution in [2.45, 2.75) is 110 Å². The van der Waals surface area contributed by atoms with Gasteiger partial charge in [0, 0.05) is 32.4 Å². The van der Waals surface area contributed by atoms with Gasteiger partial charge in [-0.15, -0.1) is 0 Å². The smallest absolute Gasteiger partial charge is 0.187 e. The second kappa shape index (κ2) is 25.0. The predicted octanol–water partition coefficient (Wildman–Crippen LogP) is -11.9. The molecule has 18 unspecified atom stereocenters. The number of nitrogens with two attached hydrogens (primary N) is 2. The summed E-state index contributed by atoms with van der Waals surface area (Å²) in [7, 11) is 0. The summed E-state index contributed by atoms with van der Waals surface area (Å²) >= 11 is 0. The Morgan fingerprint density at radius 1 is 0.615 bits per heavy atom. The van der Waals surface area contributed by atoms with Crippen LogP contribution in [0.4, 0.5) is 0 Å². The minimum Gasteiger partial charge on any atom is -0.394 e. The van der Waals surface area contributed by atoms with E-state index in [-0.39, 0.29) is 19.6 Å². The van der Waals surface area contributed by atoms with E-state index in [0.29, 0.717) is 13.1 Å². The number of hydrogen-bond donors (Lipinski definition) is 19. The molecule has 2 fully saturated rings. The average molecular weight is 771 g/mol. The highest BCUT2D eigenvalue weighted by Gasteiger charge is 2.48. The summed E-state index contributed by atoms with van der Waals surface area (Å²) in [6, 6.07) is 0. The Morgan fingerprint density at radius 2 is 1.06 bits per heavy atom. The molecule has 2 saturated heterocycles. The van der Waals surface area contributed by atoms with Crippen molar-refractivity contribution in [1.29, 1.82) is 0 Å². The van der Waals surface area contributed by atoms with Crippen molar-refractivity contribution in [3.05, 3.63) is 0 Å². The Hall–Kier alpha value is -1.25. The van der Waals surface area contributed by atoms with Gasteiger partial charge in [-0.25, -0.2) is 0 Å². The number of rotatable bonds is 21. The second-order valence-corrected chi connectivity index (χ2v) is 12.0. The van der Waals surface area contributed by atoms with Crippen molar-refractivity contribution in [1.82, 2.24) is 5.32 Å².